The minimum atomic E-state index is -0.890. The highest BCUT2D eigenvalue weighted by Gasteiger charge is 2.47. The molecule has 1 N–H and O–H groups in total. The molecule has 0 aromatic heterocycles. The third kappa shape index (κ3) is 4.51. The monoisotopic (exact) mass is 483 g/mol. The fraction of sp³-hybridized carbons (Fsp3) is 0.385. The Bertz CT molecular complexity index is 1130. The van der Waals surface area contributed by atoms with Crippen LogP contribution in [-0.2, 0) is 14.3 Å². The quantitative estimate of drug-likeness (QED) is 0.347. The summed E-state index contributed by atoms with van der Waals surface area (Å²) >= 11 is 0. The van der Waals surface area contributed by atoms with Crippen molar-refractivity contribution in [2.45, 2.75) is 25.0 Å². The van der Waals surface area contributed by atoms with Gasteiger partial charge in [0.25, 0.3) is 11.7 Å². The summed E-state index contributed by atoms with van der Waals surface area (Å²) in [6.07, 6.45) is 1.46. The van der Waals surface area contributed by atoms with Gasteiger partial charge in [-0.05, 0) is 42.7 Å². The number of ether oxygens (including phenoxy) is 5. The number of carbonyl (C=O) groups is 2. The van der Waals surface area contributed by atoms with Gasteiger partial charge in [-0.25, -0.2) is 0 Å². The van der Waals surface area contributed by atoms with Crippen molar-refractivity contribution in [3.63, 3.8) is 0 Å². The van der Waals surface area contributed by atoms with E-state index in [1.54, 1.807) is 36.4 Å². The summed E-state index contributed by atoms with van der Waals surface area (Å²) in [5, 5.41) is 11.3. The molecule has 9 nitrogen and oxygen atoms in total. The first-order valence-corrected chi connectivity index (χ1v) is 11.3. The van der Waals surface area contributed by atoms with Crippen molar-refractivity contribution >= 4 is 17.4 Å². The maximum absolute atomic E-state index is 13.3. The number of aliphatic hydroxyl groups excluding tert-OH is 1. The van der Waals surface area contributed by atoms with E-state index >= 15 is 0 Å². The number of rotatable bonds is 8. The zero-order valence-corrected chi connectivity index (χ0v) is 20.2. The highest BCUT2D eigenvalue weighted by molar-refractivity contribution is 6.46. The molecule has 0 unspecified atom stereocenters. The van der Waals surface area contributed by atoms with Gasteiger partial charge < -0.3 is 33.7 Å². The van der Waals surface area contributed by atoms with Gasteiger partial charge in [0, 0.05) is 18.7 Å². The van der Waals surface area contributed by atoms with Crippen LogP contribution < -0.4 is 18.9 Å². The van der Waals surface area contributed by atoms with Crippen molar-refractivity contribution < 1.29 is 38.4 Å². The molecule has 1 amide bonds. The number of methoxy groups -OCH3 is 4. The molecule has 2 atom stereocenters. The number of carbonyl (C=O) groups excluding carboxylic acids is 2. The Morgan fingerprint density at radius 2 is 1.74 bits per heavy atom. The average Bonchev–Trinajstić information content (AvgIpc) is 3.49. The summed E-state index contributed by atoms with van der Waals surface area (Å²) in [5.41, 5.74) is 0.855. The van der Waals surface area contributed by atoms with Crippen molar-refractivity contribution in [2.24, 2.45) is 0 Å². The van der Waals surface area contributed by atoms with Crippen LogP contribution in [0.15, 0.2) is 42.0 Å². The second-order valence-electron chi connectivity index (χ2n) is 8.28. The van der Waals surface area contributed by atoms with E-state index in [0.29, 0.717) is 40.7 Å². The molecule has 2 aromatic carbocycles. The Hall–Kier alpha value is -3.72. The number of hydrogen-bond donors (Lipinski definition) is 1. The Morgan fingerprint density at radius 3 is 2.31 bits per heavy atom. The molecule has 35 heavy (non-hydrogen) atoms. The number of nitrogens with zero attached hydrogens (tertiary/aromatic N) is 1. The van der Waals surface area contributed by atoms with E-state index in [9.17, 15) is 14.7 Å². The normalized spacial score (nSPS) is 21.3. The van der Waals surface area contributed by atoms with Crippen LogP contribution in [-0.4, -0.2) is 69.4 Å². The van der Waals surface area contributed by atoms with E-state index in [1.165, 1.54) is 33.3 Å². The SMILES string of the molecule is COc1cccc(C(O)=C2C(=O)C(=O)N(C[C@@H]3CCCO3)[C@H]2c2cc(OC)c(OC)c(OC)c2)c1. The van der Waals surface area contributed by atoms with Crippen molar-refractivity contribution in [3.8, 4) is 23.0 Å². The molecular weight excluding hydrogens is 454 g/mol. The zero-order chi connectivity index (χ0) is 25.1. The van der Waals surface area contributed by atoms with Crippen LogP contribution in [0.5, 0.6) is 23.0 Å². The molecule has 2 aliphatic heterocycles. The topological polar surface area (TPSA) is 104 Å². The van der Waals surface area contributed by atoms with Crippen molar-refractivity contribution in [2.75, 3.05) is 41.6 Å². The number of aliphatic hydroxyl groups is 1. The lowest BCUT2D eigenvalue weighted by Crippen LogP contribution is -2.36. The lowest BCUT2D eigenvalue weighted by molar-refractivity contribution is -0.140. The van der Waals surface area contributed by atoms with Crippen molar-refractivity contribution in [3.05, 3.63) is 53.1 Å². The number of amides is 1. The van der Waals surface area contributed by atoms with E-state index in [4.69, 9.17) is 23.7 Å². The molecule has 9 heteroatoms. The molecule has 2 aromatic rings. The van der Waals surface area contributed by atoms with Gasteiger partial charge in [-0.15, -0.1) is 0 Å². The molecule has 0 saturated carbocycles. The summed E-state index contributed by atoms with van der Waals surface area (Å²) < 4.78 is 27.4. The summed E-state index contributed by atoms with van der Waals surface area (Å²) in [6.45, 7) is 0.814. The molecule has 0 aliphatic carbocycles. The van der Waals surface area contributed by atoms with Crippen molar-refractivity contribution in [1.82, 2.24) is 4.90 Å². The van der Waals surface area contributed by atoms with E-state index in [2.05, 4.69) is 0 Å². The van der Waals surface area contributed by atoms with Crippen LogP contribution in [0.4, 0.5) is 0 Å². The number of hydrogen-bond acceptors (Lipinski definition) is 8. The summed E-state index contributed by atoms with van der Waals surface area (Å²) in [6, 6.07) is 9.15. The fourth-order valence-corrected chi connectivity index (χ4v) is 4.61. The minimum Gasteiger partial charge on any atom is -0.507 e. The van der Waals surface area contributed by atoms with Crippen LogP contribution in [0.1, 0.15) is 30.0 Å². The lowest BCUT2D eigenvalue weighted by atomic mass is 9.94. The summed E-state index contributed by atoms with van der Waals surface area (Å²) in [7, 11) is 5.98. The number of benzene rings is 2. The Labute approximate surface area is 203 Å². The molecule has 0 spiro atoms. The minimum absolute atomic E-state index is 0.0319. The van der Waals surface area contributed by atoms with Crippen molar-refractivity contribution in [1.29, 1.82) is 0 Å². The van der Waals surface area contributed by atoms with E-state index < -0.39 is 17.7 Å². The number of ketones is 1. The van der Waals surface area contributed by atoms with Gasteiger partial charge in [-0.2, -0.15) is 0 Å². The molecule has 186 valence electrons. The second-order valence-corrected chi connectivity index (χ2v) is 8.28. The molecule has 4 rings (SSSR count). The predicted molar refractivity (Wildman–Crippen MR) is 127 cm³/mol. The molecule has 2 fully saturated rings. The maximum Gasteiger partial charge on any atom is 0.295 e. The number of likely N-dealkylation sites (tertiary alicyclic amines) is 1. The fourth-order valence-electron chi connectivity index (χ4n) is 4.61. The third-order valence-corrected chi connectivity index (χ3v) is 6.31. The van der Waals surface area contributed by atoms with Crippen LogP contribution in [0.3, 0.4) is 0 Å². The lowest BCUT2D eigenvalue weighted by Gasteiger charge is -2.28. The zero-order valence-electron chi connectivity index (χ0n) is 20.2. The Balaban J connectivity index is 1.91. The standard InChI is InChI=1S/C26H29NO8/c1-31-17-8-5-7-15(11-17)23(28)21-22(16-12-19(32-2)25(34-4)20(13-16)33-3)27(26(30)24(21)29)14-18-9-6-10-35-18/h5,7-8,11-13,18,22,28H,6,9-10,14H2,1-4H3/t18-,22-/m0/s1. The van der Waals surface area contributed by atoms with Crippen LogP contribution >= 0.6 is 0 Å². The maximum atomic E-state index is 13.3. The molecular formula is C26H29NO8. The first kappa shape index (κ1) is 24.4. The number of Topliss-reactive ketones (excluding diaryl/α,β-unsaturated/α-hetero) is 1. The summed E-state index contributed by atoms with van der Waals surface area (Å²) in [5.74, 6) is -0.159. The molecule has 2 heterocycles. The first-order valence-electron chi connectivity index (χ1n) is 11.3. The van der Waals surface area contributed by atoms with Gasteiger partial charge in [0.05, 0.1) is 46.2 Å². The predicted octanol–water partition coefficient (Wildman–Crippen LogP) is 3.32. The molecule has 2 saturated heterocycles. The molecule has 2 aliphatic rings. The molecule has 0 radical (unpaired) electrons. The largest absolute Gasteiger partial charge is 0.507 e. The van der Waals surface area contributed by atoms with Gasteiger partial charge in [0.1, 0.15) is 11.5 Å². The Kier molecular flexibility index (Phi) is 7.16. The highest BCUT2D eigenvalue weighted by atomic mass is 16.5. The van der Waals surface area contributed by atoms with Gasteiger partial charge in [0.15, 0.2) is 11.5 Å². The van der Waals surface area contributed by atoms with E-state index in [1.807, 2.05) is 0 Å². The van der Waals surface area contributed by atoms with Gasteiger partial charge in [0.2, 0.25) is 5.75 Å². The van der Waals surface area contributed by atoms with Crippen LogP contribution in [0.2, 0.25) is 0 Å². The smallest absolute Gasteiger partial charge is 0.295 e. The van der Waals surface area contributed by atoms with Crippen LogP contribution in [0, 0.1) is 0 Å². The highest BCUT2D eigenvalue weighted by Crippen LogP contribution is 2.46. The second kappa shape index (κ2) is 10.3. The molecule has 0 bridgehead atoms. The van der Waals surface area contributed by atoms with Gasteiger partial charge in [-0.1, -0.05) is 12.1 Å². The van der Waals surface area contributed by atoms with E-state index in [0.717, 1.165) is 12.8 Å². The first-order chi connectivity index (χ1) is 16.9. The Morgan fingerprint density at radius 1 is 1.03 bits per heavy atom. The third-order valence-electron chi connectivity index (χ3n) is 6.31. The summed E-state index contributed by atoms with van der Waals surface area (Å²) in [4.78, 5) is 28.0. The van der Waals surface area contributed by atoms with Gasteiger partial charge >= 0.3 is 0 Å². The van der Waals surface area contributed by atoms with Crippen LogP contribution in [0.25, 0.3) is 5.76 Å². The van der Waals surface area contributed by atoms with E-state index in [-0.39, 0.29) is 24.0 Å². The average molecular weight is 484 g/mol. The van der Waals surface area contributed by atoms with Gasteiger partial charge in [-0.3, -0.25) is 9.59 Å².